The lowest BCUT2D eigenvalue weighted by molar-refractivity contribution is -0.141. The van der Waals surface area contributed by atoms with Gasteiger partial charge in [-0.1, -0.05) is 64.2 Å². The van der Waals surface area contributed by atoms with Gasteiger partial charge in [0.25, 0.3) is 0 Å². The van der Waals surface area contributed by atoms with Crippen LogP contribution in [0.1, 0.15) is 32.8 Å². The molecule has 0 fully saturated rings. The maximum atomic E-state index is 12.0. The van der Waals surface area contributed by atoms with E-state index in [0.717, 1.165) is 5.56 Å². The lowest BCUT2D eigenvalue weighted by atomic mass is 10.1. The molecule has 2 N–H and O–H groups in total. The van der Waals surface area contributed by atoms with Crippen LogP contribution in [0.25, 0.3) is 0 Å². The Balaban J connectivity index is 2.69. The minimum absolute atomic E-state index is 0.120. The fourth-order valence-corrected chi connectivity index (χ4v) is 2.71. The Morgan fingerprint density at radius 2 is 1.79 bits per heavy atom. The highest BCUT2D eigenvalue weighted by molar-refractivity contribution is 6.87. The zero-order valence-electron chi connectivity index (χ0n) is 15.1. The monoisotopic (exact) mass is 345 g/mol. The molecule has 0 aliphatic heterocycles. The van der Waals surface area contributed by atoms with Crippen LogP contribution in [-0.4, -0.2) is 31.1 Å². The summed E-state index contributed by atoms with van der Waals surface area (Å²) >= 11 is 0. The first-order valence-corrected chi connectivity index (χ1v) is 11.1. The van der Waals surface area contributed by atoms with Crippen LogP contribution in [0, 0.1) is 11.5 Å². The highest BCUT2D eigenvalue weighted by atomic mass is 28.3. The van der Waals surface area contributed by atoms with E-state index in [1.54, 1.807) is 0 Å². The summed E-state index contributed by atoms with van der Waals surface area (Å²) in [5.41, 5.74) is 4.13. The largest absolute Gasteiger partial charge is 0.480 e. The second-order valence-electron chi connectivity index (χ2n) is 7.50. The first kappa shape index (κ1) is 20.0. The molecule has 0 saturated heterocycles. The first-order valence-electron chi connectivity index (χ1n) is 8.09. The van der Waals surface area contributed by atoms with Crippen molar-refractivity contribution in [1.82, 2.24) is 5.32 Å². The lowest BCUT2D eigenvalue weighted by Gasteiger charge is -2.31. The topological polar surface area (TPSA) is 66.4 Å². The molecule has 0 heterocycles. The van der Waals surface area contributed by atoms with Crippen LogP contribution < -0.4 is 5.32 Å². The summed E-state index contributed by atoms with van der Waals surface area (Å²) in [6, 6.07) is 8.28. The molecular weight excluding hydrogens is 318 g/mol. The molecule has 5 heteroatoms. The number of benzene rings is 1. The third kappa shape index (κ3) is 6.21. The third-order valence-corrected chi connectivity index (χ3v) is 8.97. The summed E-state index contributed by atoms with van der Waals surface area (Å²) in [7, 11) is -1.77. The predicted molar refractivity (Wildman–Crippen MR) is 99.3 cm³/mol. The number of hydrogen-bond acceptors (Lipinski definition) is 2. The normalized spacial score (nSPS) is 12.7. The number of carbonyl (C=O) groups excluding carboxylic acids is 1. The highest BCUT2D eigenvalue weighted by Gasteiger charge is 2.33. The number of nitrogens with one attached hydrogen (secondary N) is 1. The summed E-state index contributed by atoms with van der Waals surface area (Å²) in [5.74, 6) is 1.64. The van der Waals surface area contributed by atoms with Crippen molar-refractivity contribution in [3.8, 4) is 11.5 Å². The minimum atomic E-state index is -1.77. The van der Waals surface area contributed by atoms with E-state index in [0.29, 0.717) is 0 Å². The summed E-state index contributed by atoms with van der Waals surface area (Å²) < 4.78 is 0. The van der Waals surface area contributed by atoms with Crippen molar-refractivity contribution in [2.24, 2.45) is 0 Å². The standard InChI is InChI=1S/C19H27NO3Si/c1-19(2,3)24(4,5)13-9-12-16(18(22)23)20-17(21)14-15-10-7-6-8-11-15/h6-8,10-11,16H,12,14H2,1-5H3,(H,20,21)(H,22,23)/t16-/m0/s1. The molecular formula is C19H27NO3Si. The van der Waals surface area contributed by atoms with E-state index in [2.05, 4.69) is 50.6 Å². The molecule has 1 atom stereocenters. The average Bonchev–Trinajstić information content (AvgIpc) is 2.45. The lowest BCUT2D eigenvalue weighted by Crippen LogP contribution is -2.41. The molecule has 0 aliphatic carbocycles. The molecule has 0 spiro atoms. The van der Waals surface area contributed by atoms with Gasteiger partial charge in [0.2, 0.25) is 5.91 Å². The van der Waals surface area contributed by atoms with Gasteiger partial charge in [-0.05, 0) is 10.6 Å². The van der Waals surface area contributed by atoms with E-state index in [1.807, 2.05) is 30.3 Å². The van der Waals surface area contributed by atoms with E-state index in [1.165, 1.54) is 0 Å². The van der Waals surface area contributed by atoms with Gasteiger partial charge in [0.15, 0.2) is 0 Å². The maximum absolute atomic E-state index is 12.0. The van der Waals surface area contributed by atoms with E-state index in [-0.39, 0.29) is 23.8 Å². The van der Waals surface area contributed by atoms with Gasteiger partial charge >= 0.3 is 5.97 Å². The number of carboxylic acids is 1. The fourth-order valence-electron chi connectivity index (χ4n) is 1.79. The van der Waals surface area contributed by atoms with Crippen molar-refractivity contribution < 1.29 is 14.7 Å². The molecule has 1 aromatic rings. The number of hydrogen-bond donors (Lipinski definition) is 2. The van der Waals surface area contributed by atoms with E-state index >= 15 is 0 Å². The second kappa shape index (κ2) is 8.16. The molecule has 0 unspecified atom stereocenters. The number of aliphatic carboxylic acids is 1. The van der Waals surface area contributed by atoms with Crippen LogP contribution in [0.15, 0.2) is 30.3 Å². The van der Waals surface area contributed by atoms with Crippen molar-refractivity contribution in [2.75, 3.05) is 0 Å². The van der Waals surface area contributed by atoms with E-state index in [9.17, 15) is 14.7 Å². The Morgan fingerprint density at radius 3 is 2.29 bits per heavy atom. The number of carboxylic acid groups (broad SMARTS) is 1. The first-order chi connectivity index (χ1) is 11.0. The molecule has 0 saturated carbocycles. The predicted octanol–water partition coefficient (Wildman–Crippen LogP) is 3.24. The fraction of sp³-hybridized carbons (Fsp3) is 0.474. The Morgan fingerprint density at radius 1 is 1.21 bits per heavy atom. The van der Waals surface area contributed by atoms with Gasteiger partial charge in [-0.15, -0.1) is 11.5 Å². The molecule has 0 aromatic heterocycles. The van der Waals surface area contributed by atoms with Crippen molar-refractivity contribution in [2.45, 2.75) is 57.8 Å². The van der Waals surface area contributed by atoms with Gasteiger partial charge in [-0.2, -0.15) is 0 Å². The summed E-state index contributed by atoms with van der Waals surface area (Å²) in [6.07, 6.45) is 0.294. The third-order valence-electron chi connectivity index (χ3n) is 4.42. The molecule has 130 valence electrons. The number of carbonyl (C=O) groups is 2. The van der Waals surface area contributed by atoms with Gasteiger partial charge in [-0.3, -0.25) is 4.79 Å². The average molecular weight is 346 g/mol. The molecule has 24 heavy (non-hydrogen) atoms. The van der Waals surface area contributed by atoms with Gasteiger partial charge < -0.3 is 10.4 Å². The summed E-state index contributed by atoms with van der Waals surface area (Å²) in [5, 5.41) is 12.0. The Bertz CT molecular complexity index is 636. The van der Waals surface area contributed by atoms with Gasteiger partial charge in [0, 0.05) is 6.42 Å². The van der Waals surface area contributed by atoms with Crippen molar-refractivity contribution in [3.63, 3.8) is 0 Å². The molecule has 0 bridgehead atoms. The van der Waals surface area contributed by atoms with Gasteiger partial charge in [0.1, 0.15) is 14.1 Å². The summed E-state index contributed by atoms with van der Waals surface area (Å²) in [6.45, 7) is 10.8. The second-order valence-corrected chi connectivity index (χ2v) is 12.5. The molecule has 1 amide bonds. The smallest absolute Gasteiger partial charge is 0.327 e. The number of rotatable bonds is 5. The van der Waals surface area contributed by atoms with Crippen LogP contribution in [0.3, 0.4) is 0 Å². The van der Waals surface area contributed by atoms with Crippen molar-refractivity contribution in [1.29, 1.82) is 0 Å². The van der Waals surface area contributed by atoms with Gasteiger partial charge in [-0.25, -0.2) is 4.79 Å². The van der Waals surface area contributed by atoms with Crippen LogP contribution >= 0.6 is 0 Å². The molecule has 0 radical (unpaired) electrons. The zero-order valence-corrected chi connectivity index (χ0v) is 16.1. The zero-order chi connectivity index (χ0) is 18.4. The Labute approximate surface area is 145 Å². The molecule has 4 nitrogen and oxygen atoms in total. The SMILES string of the molecule is CC(C)(C)[Si](C)(C)C#CC[C@H](NC(=O)Cc1ccccc1)C(=O)O. The molecule has 1 rings (SSSR count). The number of amides is 1. The minimum Gasteiger partial charge on any atom is -0.480 e. The van der Waals surface area contributed by atoms with E-state index < -0.39 is 20.1 Å². The van der Waals surface area contributed by atoms with E-state index in [4.69, 9.17) is 0 Å². The Kier molecular flexibility index (Phi) is 6.79. The highest BCUT2D eigenvalue weighted by Crippen LogP contribution is 2.35. The quantitative estimate of drug-likeness (QED) is 0.636. The van der Waals surface area contributed by atoms with Gasteiger partial charge in [0.05, 0.1) is 6.42 Å². The van der Waals surface area contributed by atoms with Crippen LogP contribution in [0.4, 0.5) is 0 Å². The molecule has 0 aliphatic rings. The van der Waals surface area contributed by atoms with Crippen LogP contribution in [-0.2, 0) is 16.0 Å². The summed E-state index contributed by atoms with van der Waals surface area (Å²) in [4.78, 5) is 23.4. The maximum Gasteiger partial charge on any atom is 0.327 e. The Hall–Kier alpha value is -2.06. The van der Waals surface area contributed by atoms with Crippen molar-refractivity contribution >= 4 is 20.0 Å². The van der Waals surface area contributed by atoms with Crippen molar-refractivity contribution in [3.05, 3.63) is 35.9 Å². The van der Waals surface area contributed by atoms with Crippen LogP contribution in [0.2, 0.25) is 18.1 Å². The molecule has 1 aromatic carbocycles. The van der Waals surface area contributed by atoms with Crippen LogP contribution in [0.5, 0.6) is 0 Å².